The van der Waals surface area contributed by atoms with Gasteiger partial charge in [0.05, 0.1) is 0 Å². The number of rotatable bonds is 0. The molecule has 0 aliphatic rings. The van der Waals surface area contributed by atoms with Crippen LogP contribution in [0.15, 0.2) is 0 Å². The first-order chi connectivity index (χ1) is 2.00. The first-order valence-corrected chi connectivity index (χ1v) is 2.68. The second-order valence-electron chi connectivity index (χ2n) is 0.600. The largest absolute Gasteiger partial charge is 0.668 e. The van der Waals surface area contributed by atoms with Crippen molar-refractivity contribution in [3.8, 4) is 0 Å². The Kier molecular flexibility index (Phi) is 12.1. The van der Waals surface area contributed by atoms with Gasteiger partial charge < -0.3 is 24.7 Å². The second kappa shape index (κ2) is 5.39. The molecule has 7 heavy (non-hydrogen) atoms. The van der Waals surface area contributed by atoms with Crippen molar-refractivity contribution >= 4 is 9.05 Å². The topological polar surface area (TPSA) is 112 Å². The molecule has 0 bridgehead atoms. The Hall–Kier alpha value is 1.25. The van der Waals surface area contributed by atoms with Crippen molar-refractivity contribution in [3.63, 3.8) is 0 Å². The van der Waals surface area contributed by atoms with Gasteiger partial charge in [-0.05, 0) is 0 Å². The van der Waals surface area contributed by atoms with Crippen molar-refractivity contribution in [2.24, 2.45) is 0 Å². The van der Waals surface area contributed by atoms with Gasteiger partial charge in [-0.3, -0.25) is 0 Å². The average molecular weight is 289 g/mol. The van der Waals surface area contributed by atoms with Crippen LogP contribution in [0.3, 0.4) is 0 Å². The summed E-state index contributed by atoms with van der Waals surface area (Å²) >= 11 is 0. The van der Waals surface area contributed by atoms with Crippen LogP contribution < -0.4 is 0 Å². The third kappa shape index (κ3) is 128. The molecule has 0 aromatic heterocycles. The molecule has 0 fully saturated rings. The minimum Gasteiger partial charge on any atom is -0.412 e. The van der Waals surface area contributed by atoms with E-state index in [2.05, 4.69) is 0 Å². The molecular weight excluding hydrogens is 283 g/mol. The van der Waals surface area contributed by atoms with Gasteiger partial charge in [-0.25, -0.2) is 0 Å². The van der Waals surface area contributed by atoms with Gasteiger partial charge in [0.25, 0.3) is 0 Å². The summed E-state index contributed by atoms with van der Waals surface area (Å²) in [7, 11) is -4.61. The Bertz CT molecular complexity index is 23.6. The van der Waals surface area contributed by atoms with E-state index in [4.69, 9.17) is 19.2 Å². The fourth-order valence-corrected chi connectivity index (χ4v) is 0. The molecule has 0 aliphatic heterocycles. The molecule has 0 aromatic rings. The zero-order valence-corrected chi connectivity index (χ0v) is 5.70. The van der Waals surface area contributed by atoms with Gasteiger partial charge >= 0.3 is 9.05 Å². The number of hydrogen-bond acceptors (Lipinski definition) is 4. The van der Waals surface area contributed by atoms with Crippen molar-refractivity contribution < 1.29 is 61.5 Å². The zero-order chi connectivity index (χ0) is 4.50. The molecule has 0 unspecified atom stereocenters. The molecule has 6 N–H and O–H groups in total. The first-order valence-electron chi connectivity index (χ1n) is 0.894. The van der Waals surface area contributed by atoms with E-state index in [1.165, 1.54) is 0 Å². The Morgan fingerprint density at radius 2 is 0.857 bits per heavy atom. The zero-order valence-electron chi connectivity index (χ0n) is 3.05. The van der Waals surface area contributed by atoms with Crippen LogP contribution in [0.1, 0.15) is 0 Å². The third-order valence-corrected chi connectivity index (χ3v) is 0. The molecule has 0 saturated heterocycles. The van der Waals surface area contributed by atoms with E-state index in [-0.39, 0.29) is 42.4 Å². The molecule has 55 valence electrons. The molecule has 7 heteroatoms. The quantitative estimate of drug-likeness (QED) is 0.348. The summed E-state index contributed by atoms with van der Waals surface area (Å²) in [6.07, 6.45) is 0. The van der Waals surface area contributed by atoms with E-state index in [0.717, 1.165) is 0 Å². The summed E-state index contributed by atoms with van der Waals surface area (Å²) in [6, 6.07) is 0. The van der Waals surface area contributed by atoms with Crippen LogP contribution in [-0.4, -0.2) is 33.7 Å². The molecule has 0 aliphatic carbocycles. The SMILES string of the molecule is O.O[Si](O)(O)O.[Lu]. The molecule has 0 amide bonds. The fourth-order valence-electron chi connectivity index (χ4n) is 0. The average Bonchev–Trinajstić information content (AvgIpc) is 0.722. The third-order valence-electron chi connectivity index (χ3n) is 0. The van der Waals surface area contributed by atoms with Crippen LogP contribution in [0.4, 0.5) is 0 Å². The Balaban J connectivity index is -0.0000000800. The summed E-state index contributed by atoms with van der Waals surface area (Å²) in [4.78, 5) is 29.3. The maximum absolute atomic E-state index is 7.33. The van der Waals surface area contributed by atoms with Gasteiger partial charge in [0.1, 0.15) is 0 Å². The molecule has 0 rings (SSSR count). The summed E-state index contributed by atoms with van der Waals surface area (Å²) in [6.45, 7) is 0. The summed E-state index contributed by atoms with van der Waals surface area (Å²) in [5, 5.41) is 0. The molecule has 1 radical (unpaired) electrons. The van der Waals surface area contributed by atoms with Crippen molar-refractivity contribution in [3.05, 3.63) is 0 Å². The molecule has 0 atom stereocenters. The predicted octanol–water partition coefficient (Wildman–Crippen LogP) is -3.43. The van der Waals surface area contributed by atoms with E-state index in [0.29, 0.717) is 0 Å². The molecular formula is H6LuO5Si. The van der Waals surface area contributed by atoms with Crippen molar-refractivity contribution in [1.29, 1.82) is 0 Å². The Morgan fingerprint density at radius 1 is 0.857 bits per heavy atom. The minimum absolute atomic E-state index is 0. The first kappa shape index (κ1) is 15.7. The van der Waals surface area contributed by atoms with E-state index in [1.807, 2.05) is 0 Å². The number of hydrogen-bond donors (Lipinski definition) is 4. The summed E-state index contributed by atoms with van der Waals surface area (Å²) in [5.74, 6) is 0. The summed E-state index contributed by atoms with van der Waals surface area (Å²) in [5.41, 5.74) is 0. The van der Waals surface area contributed by atoms with E-state index in [1.54, 1.807) is 0 Å². The molecule has 0 saturated carbocycles. The molecule has 0 spiro atoms. The van der Waals surface area contributed by atoms with Gasteiger partial charge in [0.15, 0.2) is 0 Å². The van der Waals surface area contributed by atoms with Crippen molar-refractivity contribution in [1.82, 2.24) is 0 Å². The normalized spacial score (nSPS) is 8.57. The fraction of sp³-hybridized carbons (Fsp3) is 0. The van der Waals surface area contributed by atoms with Gasteiger partial charge in [-0.2, -0.15) is 0 Å². The van der Waals surface area contributed by atoms with Gasteiger partial charge in [-0.1, -0.05) is 0 Å². The van der Waals surface area contributed by atoms with Gasteiger partial charge in [0.2, 0.25) is 0 Å². The van der Waals surface area contributed by atoms with Gasteiger partial charge in [0, 0.05) is 36.9 Å². The molecule has 0 aromatic carbocycles. The molecule has 5 nitrogen and oxygen atoms in total. The monoisotopic (exact) mass is 289 g/mol. The van der Waals surface area contributed by atoms with E-state index >= 15 is 0 Å². The van der Waals surface area contributed by atoms with Crippen LogP contribution in [0, 0.1) is 36.9 Å². The Labute approximate surface area is 70.2 Å². The van der Waals surface area contributed by atoms with Crippen LogP contribution >= 0.6 is 0 Å². The minimum atomic E-state index is -4.61. The predicted molar refractivity (Wildman–Crippen MR) is 18.2 cm³/mol. The van der Waals surface area contributed by atoms with Crippen LogP contribution in [-0.2, 0) is 0 Å². The second-order valence-corrected chi connectivity index (χ2v) is 1.80. The van der Waals surface area contributed by atoms with Crippen LogP contribution in [0.25, 0.3) is 0 Å². The standard InChI is InChI=1S/Lu.H4O4Si.H2O/c;1-5(2,3)4;/h;1-4H;1H2. The Morgan fingerprint density at radius 3 is 0.857 bits per heavy atom. The van der Waals surface area contributed by atoms with Gasteiger partial charge in [-0.15, -0.1) is 0 Å². The maximum Gasteiger partial charge on any atom is 0.668 e. The molecule has 0 heterocycles. The summed E-state index contributed by atoms with van der Waals surface area (Å²) < 4.78 is 0. The maximum atomic E-state index is 7.33. The smallest absolute Gasteiger partial charge is 0.412 e. The van der Waals surface area contributed by atoms with Crippen molar-refractivity contribution in [2.45, 2.75) is 0 Å². The van der Waals surface area contributed by atoms with E-state index < -0.39 is 9.05 Å². The van der Waals surface area contributed by atoms with E-state index in [9.17, 15) is 0 Å². The van der Waals surface area contributed by atoms with Crippen LogP contribution in [0.5, 0.6) is 0 Å². The van der Waals surface area contributed by atoms with Crippen molar-refractivity contribution in [2.75, 3.05) is 0 Å². The van der Waals surface area contributed by atoms with Crippen LogP contribution in [0.2, 0.25) is 0 Å².